The fourth-order valence-corrected chi connectivity index (χ4v) is 2.73. The van der Waals surface area contributed by atoms with E-state index >= 15 is 0 Å². The quantitative estimate of drug-likeness (QED) is 0.867. The molecule has 1 saturated heterocycles. The monoisotopic (exact) mass is 321 g/mol. The van der Waals surface area contributed by atoms with E-state index in [0.29, 0.717) is 37.6 Å². The van der Waals surface area contributed by atoms with Gasteiger partial charge in [0, 0.05) is 0 Å². The standard InChI is InChI=1S/C16H19NO6/c1-9(10-2-3-11-14(8-10)22-7-6-21-11)17-15(18)12-4-5-13(23-12)16(19)20/h2-3,8-9,12-13H,4-7H2,1H3,(H,17,18)(H,19,20)/t9?,12-,13+/m0/s1. The number of rotatable bonds is 4. The fourth-order valence-electron chi connectivity index (χ4n) is 2.73. The number of hydrogen-bond donors (Lipinski definition) is 2. The molecule has 1 fully saturated rings. The summed E-state index contributed by atoms with van der Waals surface area (Å²) in [5.41, 5.74) is 0.885. The van der Waals surface area contributed by atoms with Gasteiger partial charge in [-0.25, -0.2) is 4.79 Å². The van der Waals surface area contributed by atoms with Crippen LogP contribution in [0.2, 0.25) is 0 Å². The van der Waals surface area contributed by atoms with E-state index in [-0.39, 0.29) is 11.9 Å². The molecule has 2 heterocycles. The van der Waals surface area contributed by atoms with Crippen molar-refractivity contribution >= 4 is 11.9 Å². The van der Waals surface area contributed by atoms with E-state index in [1.165, 1.54) is 0 Å². The molecule has 2 aliphatic heterocycles. The highest BCUT2D eigenvalue weighted by Crippen LogP contribution is 2.32. The number of nitrogens with one attached hydrogen (secondary N) is 1. The number of carbonyl (C=O) groups excluding carboxylic acids is 1. The molecule has 3 rings (SSSR count). The van der Waals surface area contributed by atoms with Crippen molar-refractivity contribution in [2.24, 2.45) is 0 Å². The summed E-state index contributed by atoms with van der Waals surface area (Å²) in [5.74, 6) is 0.0381. The minimum atomic E-state index is -1.03. The van der Waals surface area contributed by atoms with Crippen LogP contribution in [0.4, 0.5) is 0 Å². The fraction of sp³-hybridized carbons (Fsp3) is 0.500. The third-order valence-corrected chi connectivity index (χ3v) is 4.01. The van der Waals surface area contributed by atoms with Gasteiger partial charge in [-0.2, -0.15) is 0 Å². The van der Waals surface area contributed by atoms with Crippen molar-refractivity contribution in [2.45, 2.75) is 38.0 Å². The first-order valence-corrected chi connectivity index (χ1v) is 7.63. The van der Waals surface area contributed by atoms with Gasteiger partial charge in [0.05, 0.1) is 6.04 Å². The normalized spacial score (nSPS) is 24.0. The largest absolute Gasteiger partial charge is 0.486 e. The Morgan fingerprint density at radius 1 is 1.17 bits per heavy atom. The molecule has 0 bridgehead atoms. The number of carboxylic acids is 1. The third kappa shape index (κ3) is 3.39. The molecule has 23 heavy (non-hydrogen) atoms. The van der Waals surface area contributed by atoms with E-state index in [1.54, 1.807) is 0 Å². The molecule has 1 aromatic carbocycles. The summed E-state index contributed by atoms with van der Waals surface area (Å²) in [5, 5.41) is 11.8. The smallest absolute Gasteiger partial charge is 0.332 e. The van der Waals surface area contributed by atoms with Crippen molar-refractivity contribution < 1.29 is 28.9 Å². The van der Waals surface area contributed by atoms with Gasteiger partial charge in [0.2, 0.25) is 5.91 Å². The van der Waals surface area contributed by atoms with Gasteiger partial charge >= 0.3 is 5.97 Å². The molecule has 0 aliphatic carbocycles. The SMILES string of the molecule is CC(NC(=O)[C@@H]1CC[C@H](C(=O)O)O1)c1ccc2c(c1)OCCO2. The van der Waals surface area contributed by atoms with Gasteiger partial charge in [-0.1, -0.05) is 6.07 Å². The van der Waals surface area contributed by atoms with Crippen LogP contribution in [0.25, 0.3) is 0 Å². The molecule has 0 radical (unpaired) electrons. The minimum absolute atomic E-state index is 0.245. The highest BCUT2D eigenvalue weighted by atomic mass is 16.6. The Kier molecular flexibility index (Phi) is 4.38. The molecule has 7 heteroatoms. The Balaban J connectivity index is 1.61. The van der Waals surface area contributed by atoms with Gasteiger partial charge in [0.15, 0.2) is 17.6 Å². The molecule has 7 nitrogen and oxygen atoms in total. The number of carboxylic acid groups (broad SMARTS) is 1. The number of hydrogen-bond acceptors (Lipinski definition) is 5. The molecular formula is C16H19NO6. The van der Waals surface area contributed by atoms with E-state index < -0.39 is 18.2 Å². The van der Waals surface area contributed by atoms with E-state index in [4.69, 9.17) is 19.3 Å². The van der Waals surface area contributed by atoms with Crippen LogP contribution in [0.3, 0.4) is 0 Å². The predicted molar refractivity (Wildman–Crippen MR) is 79.5 cm³/mol. The van der Waals surface area contributed by atoms with Crippen molar-refractivity contribution in [2.75, 3.05) is 13.2 Å². The van der Waals surface area contributed by atoms with Crippen molar-refractivity contribution in [1.82, 2.24) is 5.32 Å². The lowest BCUT2D eigenvalue weighted by molar-refractivity contribution is -0.151. The van der Waals surface area contributed by atoms with Gasteiger partial charge in [-0.15, -0.1) is 0 Å². The van der Waals surface area contributed by atoms with Gasteiger partial charge in [0.1, 0.15) is 19.3 Å². The Morgan fingerprint density at radius 3 is 2.57 bits per heavy atom. The molecule has 1 unspecified atom stereocenters. The molecule has 0 spiro atoms. The maximum absolute atomic E-state index is 12.2. The Labute approximate surface area is 133 Å². The lowest BCUT2D eigenvalue weighted by Gasteiger charge is -2.22. The van der Waals surface area contributed by atoms with Gasteiger partial charge < -0.3 is 24.6 Å². The Bertz CT molecular complexity index is 617. The zero-order valence-electron chi connectivity index (χ0n) is 12.8. The maximum Gasteiger partial charge on any atom is 0.332 e. The van der Waals surface area contributed by atoms with Gasteiger partial charge in [-0.05, 0) is 37.5 Å². The van der Waals surface area contributed by atoms with Crippen LogP contribution in [0.1, 0.15) is 31.4 Å². The first-order valence-electron chi connectivity index (χ1n) is 7.63. The van der Waals surface area contributed by atoms with Crippen LogP contribution in [0.5, 0.6) is 11.5 Å². The molecule has 2 N–H and O–H groups in total. The average molecular weight is 321 g/mol. The minimum Gasteiger partial charge on any atom is -0.486 e. The topological polar surface area (TPSA) is 94.1 Å². The number of amides is 1. The lowest BCUT2D eigenvalue weighted by Crippen LogP contribution is -2.37. The molecule has 2 aliphatic rings. The van der Waals surface area contributed by atoms with Crippen LogP contribution in [-0.4, -0.2) is 42.4 Å². The summed E-state index contributed by atoms with van der Waals surface area (Å²) in [6, 6.07) is 5.29. The van der Waals surface area contributed by atoms with E-state index in [1.807, 2.05) is 25.1 Å². The van der Waals surface area contributed by atoms with E-state index in [0.717, 1.165) is 5.56 Å². The Hall–Kier alpha value is -2.28. The van der Waals surface area contributed by atoms with Gasteiger partial charge in [0.25, 0.3) is 0 Å². The highest BCUT2D eigenvalue weighted by Gasteiger charge is 2.35. The summed E-state index contributed by atoms with van der Waals surface area (Å²) < 4.78 is 16.3. The highest BCUT2D eigenvalue weighted by molar-refractivity contribution is 5.83. The molecule has 0 aromatic heterocycles. The first kappa shape index (κ1) is 15.6. The van der Waals surface area contributed by atoms with Crippen LogP contribution >= 0.6 is 0 Å². The van der Waals surface area contributed by atoms with Crippen molar-refractivity contribution in [3.8, 4) is 11.5 Å². The number of aliphatic carboxylic acids is 1. The summed E-state index contributed by atoms with van der Waals surface area (Å²) in [4.78, 5) is 23.1. The number of ether oxygens (including phenoxy) is 3. The number of carbonyl (C=O) groups is 2. The van der Waals surface area contributed by atoms with Crippen LogP contribution in [0.15, 0.2) is 18.2 Å². The lowest BCUT2D eigenvalue weighted by atomic mass is 10.1. The summed E-state index contributed by atoms with van der Waals surface area (Å²) >= 11 is 0. The molecule has 0 saturated carbocycles. The summed E-state index contributed by atoms with van der Waals surface area (Å²) in [6.45, 7) is 2.89. The van der Waals surface area contributed by atoms with Crippen LogP contribution < -0.4 is 14.8 Å². The van der Waals surface area contributed by atoms with E-state index in [9.17, 15) is 9.59 Å². The number of fused-ring (bicyclic) bond motifs is 1. The second-order valence-corrected chi connectivity index (χ2v) is 5.66. The average Bonchev–Trinajstić information content (AvgIpc) is 3.04. The Morgan fingerprint density at radius 2 is 1.87 bits per heavy atom. The van der Waals surface area contributed by atoms with Crippen molar-refractivity contribution in [3.63, 3.8) is 0 Å². The summed E-state index contributed by atoms with van der Waals surface area (Å²) in [6.07, 6.45) is -0.839. The zero-order chi connectivity index (χ0) is 16.4. The van der Waals surface area contributed by atoms with Crippen molar-refractivity contribution in [1.29, 1.82) is 0 Å². The maximum atomic E-state index is 12.2. The molecule has 3 atom stereocenters. The second kappa shape index (κ2) is 6.45. The van der Waals surface area contributed by atoms with Crippen molar-refractivity contribution in [3.05, 3.63) is 23.8 Å². The molecule has 1 aromatic rings. The predicted octanol–water partition coefficient (Wildman–Crippen LogP) is 1.27. The summed E-state index contributed by atoms with van der Waals surface area (Å²) in [7, 11) is 0. The molecular weight excluding hydrogens is 302 g/mol. The van der Waals surface area contributed by atoms with E-state index in [2.05, 4.69) is 5.32 Å². The zero-order valence-corrected chi connectivity index (χ0v) is 12.8. The van der Waals surface area contributed by atoms with Crippen LogP contribution in [-0.2, 0) is 14.3 Å². The van der Waals surface area contributed by atoms with Gasteiger partial charge in [-0.3, -0.25) is 4.79 Å². The molecule has 124 valence electrons. The second-order valence-electron chi connectivity index (χ2n) is 5.66. The third-order valence-electron chi connectivity index (χ3n) is 4.01. The van der Waals surface area contributed by atoms with Crippen LogP contribution in [0, 0.1) is 0 Å². The molecule has 1 amide bonds. The first-order chi connectivity index (χ1) is 11.0. The number of benzene rings is 1.